The Bertz CT molecular complexity index is 1090. The molecular weight excluding hydrogens is 445 g/mol. The van der Waals surface area contributed by atoms with E-state index in [1.165, 1.54) is 23.1 Å². The molecule has 0 aromatic heterocycles. The smallest absolute Gasteiger partial charge is 0.244 e. The molecule has 7 nitrogen and oxygen atoms in total. The van der Waals surface area contributed by atoms with Crippen LogP contribution in [0.3, 0.4) is 0 Å². The Morgan fingerprint density at radius 1 is 1.09 bits per heavy atom. The first-order valence-electron chi connectivity index (χ1n) is 10.8. The zero-order chi connectivity index (χ0) is 24.8. The molecule has 2 atom stereocenters. The molecule has 0 heterocycles. The van der Waals surface area contributed by atoms with Crippen LogP contribution in [0.25, 0.3) is 0 Å². The Balaban J connectivity index is 2.40. The van der Waals surface area contributed by atoms with Gasteiger partial charge in [0, 0.05) is 18.2 Å². The van der Waals surface area contributed by atoms with Gasteiger partial charge in [-0.1, -0.05) is 37.3 Å². The van der Waals surface area contributed by atoms with Gasteiger partial charge < -0.3 is 10.2 Å². The van der Waals surface area contributed by atoms with E-state index in [1.54, 1.807) is 31.2 Å². The lowest BCUT2D eigenvalue weighted by Gasteiger charge is -2.32. The summed E-state index contributed by atoms with van der Waals surface area (Å²) in [4.78, 5) is 27.4. The van der Waals surface area contributed by atoms with Crippen molar-refractivity contribution < 1.29 is 22.4 Å². The molecule has 0 spiro atoms. The average Bonchev–Trinajstić information content (AvgIpc) is 2.75. The molecule has 0 radical (unpaired) electrons. The maximum Gasteiger partial charge on any atom is 0.244 e. The summed E-state index contributed by atoms with van der Waals surface area (Å²) in [6, 6.07) is 11.7. The van der Waals surface area contributed by atoms with Crippen molar-refractivity contribution in [3.05, 3.63) is 65.5 Å². The zero-order valence-corrected chi connectivity index (χ0v) is 20.5. The van der Waals surface area contributed by atoms with E-state index in [9.17, 15) is 22.4 Å². The maximum absolute atomic E-state index is 14.4. The van der Waals surface area contributed by atoms with E-state index in [0.29, 0.717) is 12.1 Å². The molecule has 2 rings (SSSR count). The fourth-order valence-electron chi connectivity index (χ4n) is 3.26. The van der Waals surface area contributed by atoms with Crippen LogP contribution in [0.4, 0.5) is 10.1 Å². The normalized spacial score (nSPS) is 13.2. The molecule has 2 unspecified atom stereocenters. The van der Waals surface area contributed by atoms with Crippen LogP contribution in [0.1, 0.15) is 38.3 Å². The molecule has 180 valence electrons. The minimum absolute atomic E-state index is 0.106. The van der Waals surface area contributed by atoms with Crippen LogP contribution < -0.4 is 9.62 Å². The minimum Gasteiger partial charge on any atom is -0.352 e. The van der Waals surface area contributed by atoms with Gasteiger partial charge in [0.05, 0.1) is 11.9 Å². The fourth-order valence-corrected chi connectivity index (χ4v) is 4.10. The van der Waals surface area contributed by atoms with E-state index in [0.717, 1.165) is 16.1 Å². The lowest BCUT2D eigenvalue weighted by atomic mass is 10.1. The second-order valence-corrected chi connectivity index (χ2v) is 10.1. The first kappa shape index (κ1) is 26.3. The minimum atomic E-state index is -3.80. The van der Waals surface area contributed by atoms with Gasteiger partial charge in [0.15, 0.2) is 0 Å². The van der Waals surface area contributed by atoms with E-state index < -0.39 is 40.2 Å². The van der Waals surface area contributed by atoms with Gasteiger partial charge in [-0.2, -0.15) is 0 Å². The lowest BCUT2D eigenvalue weighted by Crippen LogP contribution is -2.52. The van der Waals surface area contributed by atoms with Crippen LogP contribution in [-0.2, 0) is 26.2 Å². The molecule has 2 amide bonds. The van der Waals surface area contributed by atoms with E-state index in [1.807, 2.05) is 26.8 Å². The largest absolute Gasteiger partial charge is 0.352 e. The molecule has 9 heteroatoms. The summed E-state index contributed by atoms with van der Waals surface area (Å²) in [6.07, 6.45) is 1.72. The highest BCUT2D eigenvalue weighted by molar-refractivity contribution is 7.92. The first-order valence-corrected chi connectivity index (χ1v) is 12.7. The second-order valence-electron chi connectivity index (χ2n) is 8.22. The van der Waals surface area contributed by atoms with Gasteiger partial charge in [-0.3, -0.25) is 13.9 Å². The Morgan fingerprint density at radius 2 is 1.76 bits per heavy atom. The van der Waals surface area contributed by atoms with Crippen LogP contribution in [0.15, 0.2) is 48.5 Å². The summed E-state index contributed by atoms with van der Waals surface area (Å²) in [5.41, 5.74) is 1.40. The molecule has 2 aromatic carbocycles. The molecular formula is C24H32FN3O4S. The molecule has 0 saturated heterocycles. The fraction of sp³-hybridized carbons (Fsp3) is 0.417. The molecule has 2 aromatic rings. The van der Waals surface area contributed by atoms with E-state index >= 15 is 0 Å². The predicted octanol–water partition coefficient (Wildman–Crippen LogP) is 3.23. The highest BCUT2D eigenvalue weighted by Gasteiger charge is 2.30. The number of nitrogens with one attached hydrogen (secondary N) is 1. The molecule has 0 aliphatic carbocycles. The summed E-state index contributed by atoms with van der Waals surface area (Å²) < 4.78 is 40.4. The van der Waals surface area contributed by atoms with Gasteiger partial charge in [0.25, 0.3) is 0 Å². The van der Waals surface area contributed by atoms with Crippen molar-refractivity contribution in [3.63, 3.8) is 0 Å². The Hall–Kier alpha value is -2.94. The van der Waals surface area contributed by atoms with Crippen LogP contribution in [-0.4, -0.2) is 50.0 Å². The van der Waals surface area contributed by atoms with Gasteiger partial charge in [-0.25, -0.2) is 12.8 Å². The van der Waals surface area contributed by atoms with Gasteiger partial charge >= 0.3 is 0 Å². The highest BCUT2D eigenvalue weighted by atomic mass is 32.2. The average molecular weight is 478 g/mol. The van der Waals surface area contributed by atoms with E-state index in [4.69, 9.17) is 0 Å². The summed E-state index contributed by atoms with van der Waals surface area (Å²) in [5.74, 6) is -1.52. The molecule has 1 N–H and O–H groups in total. The summed E-state index contributed by atoms with van der Waals surface area (Å²) in [7, 11) is -3.80. The van der Waals surface area contributed by atoms with Gasteiger partial charge in [-0.15, -0.1) is 0 Å². The Morgan fingerprint density at radius 3 is 2.33 bits per heavy atom. The summed E-state index contributed by atoms with van der Waals surface area (Å²) in [6.45, 7) is 6.44. The maximum atomic E-state index is 14.4. The monoisotopic (exact) mass is 477 g/mol. The number of hydrogen-bond acceptors (Lipinski definition) is 4. The molecule has 0 fully saturated rings. The zero-order valence-electron chi connectivity index (χ0n) is 19.7. The number of aryl methyl sites for hydroxylation is 1. The third kappa shape index (κ3) is 7.28. The molecule has 0 aliphatic heterocycles. The summed E-state index contributed by atoms with van der Waals surface area (Å²) >= 11 is 0. The van der Waals surface area contributed by atoms with Crippen molar-refractivity contribution in [3.8, 4) is 0 Å². The standard InChI is InChI=1S/C24H32FN3O4S/c1-6-18(3)26-24(30)19(4)27(15-20-11-7-8-13-22(20)25)23(29)16-28(33(5,31)32)21-12-9-10-17(2)14-21/h7-14,18-19H,6,15-16H2,1-5H3,(H,26,30). The number of carbonyl (C=O) groups is 2. The third-order valence-corrected chi connectivity index (χ3v) is 6.58. The van der Waals surface area contributed by atoms with Gasteiger partial charge in [0.2, 0.25) is 21.8 Å². The third-order valence-electron chi connectivity index (χ3n) is 5.44. The molecule has 0 aliphatic rings. The highest BCUT2D eigenvalue weighted by Crippen LogP contribution is 2.20. The van der Waals surface area contributed by atoms with Crippen molar-refractivity contribution >= 4 is 27.5 Å². The van der Waals surface area contributed by atoms with Crippen molar-refractivity contribution in [1.82, 2.24) is 10.2 Å². The topological polar surface area (TPSA) is 86.8 Å². The van der Waals surface area contributed by atoms with E-state index in [-0.39, 0.29) is 18.2 Å². The van der Waals surface area contributed by atoms with Gasteiger partial charge in [0.1, 0.15) is 18.4 Å². The number of rotatable bonds is 10. The van der Waals surface area contributed by atoms with Crippen molar-refractivity contribution in [2.45, 2.75) is 52.7 Å². The Labute approximate surface area is 195 Å². The van der Waals surface area contributed by atoms with E-state index in [2.05, 4.69) is 5.32 Å². The molecule has 0 saturated carbocycles. The summed E-state index contributed by atoms with van der Waals surface area (Å²) in [5, 5.41) is 2.83. The predicted molar refractivity (Wildman–Crippen MR) is 128 cm³/mol. The second kappa shape index (κ2) is 11.3. The Kier molecular flexibility index (Phi) is 8.99. The number of anilines is 1. The number of hydrogen-bond donors (Lipinski definition) is 1. The number of benzene rings is 2. The van der Waals surface area contributed by atoms with Crippen molar-refractivity contribution in [2.24, 2.45) is 0 Å². The number of halogens is 1. The number of nitrogens with zero attached hydrogens (tertiary/aromatic N) is 2. The van der Waals surface area contributed by atoms with Gasteiger partial charge in [-0.05, 0) is 51.0 Å². The first-order chi connectivity index (χ1) is 15.4. The van der Waals surface area contributed by atoms with Crippen LogP contribution in [0.2, 0.25) is 0 Å². The SMILES string of the molecule is CCC(C)NC(=O)C(C)N(Cc1ccccc1F)C(=O)CN(c1cccc(C)c1)S(C)(=O)=O. The van der Waals surface area contributed by atoms with Crippen molar-refractivity contribution in [1.29, 1.82) is 0 Å². The molecule has 33 heavy (non-hydrogen) atoms. The lowest BCUT2D eigenvalue weighted by molar-refractivity contribution is -0.139. The number of sulfonamides is 1. The molecule has 0 bridgehead atoms. The van der Waals surface area contributed by atoms with Crippen LogP contribution >= 0.6 is 0 Å². The van der Waals surface area contributed by atoms with Crippen LogP contribution in [0, 0.1) is 12.7 Å². The van der Waals surface area contributed by atoms with Crippen LogP contribution in [0.5, 0.6) is 0 Å². The number of amides is 2. The quantitative estimate of drug-likeness (QED) is 0.569. The van der Waals surface area contributed by atoms with Crippen molar-refractivity contribution in [2.75, 3.05) is 17.1 Å². The number of carbonyl (C=O) groups excluding carboxylic acids is 2.